The van der Waals surface area contributed by atoms with Crippen molar-refractivity contribution in [3.63, 3.8) is 0 Å². The highest BCUT2D eigenvalue weighted by atomic mass is 32.2. The number of carboxylic acids is 1. The molecule has 0 aliphatic rings. The van der Waals surface area contributed by atoms with Crippen LogP contribution in [0.4, 0.5) is 0 Å². The predicted molar refractivity (Wildman–Crippen MR) is 67.2 cm³/mol. The van der Waals surface area contributed by atoms with Crippen molar-refractivity contribution in [2.45, 2.75) is 17.5 Å². The van der Waals surface area contributed by atoms with Gasteiger partial charge in [-0.2, -0.15) is 0 Å². The van der Waals surface area contributed by atoms with Crippen molar-refractivity contribution in [3.05, 3.63) is 29.8 Å². The fourth-order valence-electron chi connectivity index (χ4n) is 1.34. The third-order valence-corrected chi connectivity index (χ3v) is 3.38. The lowest BCUT2D eigenvalue weighted by atomic mass is 10.2. The average Bonchev–Trinajstić information content (AvgIpc) is 2.26. The summed E-state index contributed by atoms with van der Waals surface area (Å²) in [6, 6.07) is 5.26. The molecule has 0 spiro atoms. The molecule has 1 rings (SSSR count). The molecule has 1 atom stereocenters. The Morgan fingerprint density at radius 2 is 1.84 bits per heavy atom. The summed E-state index contributed by atoms with van der Waals surface area (Å²) in [7, 11) is -3.32. The SMILES string of the molecule is CS(=O)(=O)c1ccc(C(=O)NC(N)CC(=O)O)cc1. The van der Waals surface area contributed by atoms with E-state index in [9.17, 15) is 18.0 Å². The molecule has 19 heavy (non-hydrogen) atoms. The molecule has 0 saturated heterocycles. The smallest absolute Gasteiger partial charge is 0.306 e. The number of nitrogens with one attached hydrogen (secondary N) is 1. The van der Waals surface area contributed by atoms with E-state index in [1.807, 2.05) is 0 Å². The van der Waals surface area contributed by atoms with Crippen LogP contribution in [0.25, 0.3) is 0 Å². The van der Waals surface area contributed by atoms with Gasteiger partial charge in [0.15, 0.2) is 9.84 Å². The van der Waals surface area contributed by atoms with E-state index in [0.717, 1.165) is 6.26 Å². The van der Waals surface area contributed by atoms with Gasteiger partial charge in [-0.05, 0) is 24.3 Å². The molecule has 1 aromatic rings. The molecule has 104 valence electrons. The van der Waals surface area contributed by atoms with Gasteiger partial charge >= 0.3 is 5.97 Å². The molecule has 0 aliphatic heterocycles. The third kappa shape index (κ3) is 4.68. The van der Waals surface area contributed by atoms with E-state index in [4.69, 9.17) is 10.8 Å². The Balaban J connectivity index is 2.76. The molecule has 0 bridgehead atoms. The maximum absolute atomic E-state index is 11.7. The summed E-state index contributed by atoms with van der Waals surface area (Å²) in [5.41, 5.74) is 5.61. The molecular weight excluding hydrogens is 272 g/mol. The third-order valence-electron chi connectivity index (χ3n) is 2.26. The van der Waals surface area contributed by atoms with Gasteiger partial charge in [-0.15, -0.1) is 0 Å². The van der Waals surface area contributed by atoms with Crippen molar-refractivity contribution in [2.75, 3.05) is 6.26 Å². The lowest BCUT2D eigenvalue weighted by Gasteiger charge is -2.11. The summed E-state index contributed by atoms with van der Waals surface area (Å²) in [5, 5.41) is 10.8. The number of rotatable bonds is 5. The molecular formula is C11H14N2O5S. The van der Waals surface area contributed by atoms with Crippen molar-refractivity contribution < 1.29 is 23.1 Å². The number of nitrogens with two attached hydrogens (primary N) is 1. The highest BCUT2D eigenvalue weighted by Crippen LogP contribution is 2.10. The summed E-state index contributed by atoms with van der Waals surface area (Å²) in [6.07, 6.45) is -0.336. The molecule has 0 fully saturated rings. The van der Waals surface area contributed by atoms with Gasteiger partial charge in [0.2, 0.25) is 0 Å². The number of amides is 1. The number of aliphatic carboxylic acids is 1. The molecule has 0 heterocycles. The van der Waals surface area contributed by atoms with Crippen molar-refractivity contribution in [2.24, 2.45) is 5.73 Å². The van der Waals surface area contributed by atoms with E-state index in [1.165, 1.54) is 24.3 Å². The molecule has 4 N–H and O–H groups in total. The first-order chi connectivity index (χ1) is 8.70. The minimum Gasteiger partial charge on any atom is -0.481 e. The highest BCUT2D eigenvalue weighted by molar-refractivity contribution is 7.90. The fourth-order valence-corrected chi connectivity index (χ4v) is 1.97. The topological polar surface area (TPSA) is 127 Å². The maximum atomic E-state index is 11.7. The monoisotopic (exact) mass is 286 g/mol. The zero-order valence-electron chi connectivity index (χ0n) is 10.2. The summed E-state index contributed by atoms with van der Waals surface area (Å²) < 4.78 is 22.5. The summed E-state index contributed by atoms with van der Waals surface area (Å²) in [5.74, 6) is -1.69. The predicted octanol–water partition coefficient (Wildman–Crippen LogP) is -0.421. The number of carboxylic acid groups (broad SMARTS) is 1. The summed E-state index contributed by atoms with van der Waals surface area (Å²) in [4.78, 5) is 22.1. The van der Waals surface area contributed by atoms with Gasteiger partial charge in [0.25, 0.3) is 5.91 Å². The number of benzene rings is 1. The molecule has 1 aromatic carbocycles. The van der Waals surface area contributed by atoms with Gasteiger partial charge < -0.3 is 16.2 Å². The zero-order valence-corrected chi connectivity index (χ0v) is 11.0. The molecule has 7 nitrogen and oxygen atoms in total. The molecule has 1 unspecified atom stereocenters. The van der Waals surface area contributed by atoms with E-state index >= 15 is 0 Å². The number of hydrogen-bond acceptors (Lipinski definition) is 5. The van der Waals surface area contributed by atoms with Crippen LogP contribution in [0, 0.1) is 0 Å². The number of hydrogen-bond donors (Lipinski definition) is 3. The highest BCUT2D eigenvalue weighted by Gasteiger charge is 2.14. The van der Waals surface area contributed by atoms with Gasteiger partial charge in [0, 0.05) is 11.8 Å². The van der Waals surface area contributed by atoms with Crippen LogP contribution >= 0.6 is 0 Å². The van der Waals surface area contributed by atoms with Crippen LogP contribution < -0.4 is 11.1 Å². The summed E-state index contributed by atoms with van der Waals surface area (Å²) in [6.45, 7) is 0. The molecule has 0 radical (unpaired) electrons. The second kappa shape index (κ2) is 5.81. The van der Waals surface area contributed by atoms with Crippen LogP contribution in [0.2, 0.25) is 0 Å². The first-order valence-corrected chi connectivity index (χ1v) is 7.17. The normalized spacial score (nSPS) is 12.7. The first-order valence-electron chi connectivity index (χ1n) is 5.28. The Morgan fingerprint density at radius 1 is 1.32 bits per heavy atom. The molecule has 8 heteroatoms. The summed E-state index contributed by atoms with van der Waals surface area (Å²) >= 11 is 0. The number of carbonyl (C=O) groups is 2. The fraction of sp³-hybridized carbons (Fsp3) is 0.273. The molecule has 1 amide bonds. The van der Waals surface area contributed by atoms with E-state index in [1.54, 1.807) is 0 Å². The van der Waals surface area contributed by atoms with Crippen LogP contribution in [0.3, 0.4) is 0 Å². The van der Waals surface area contributed by atoms with Crippen LogP contribution in [0.15, 0.2) is 29.2 Å². The minimum absolute atomic E-state index is 0.0962. The molecule has 0 aromatic heterocycles. The molecule has 0 aliphatic carbocycles. The number of sulfone groups is 1. The lowest BCUT2D eigenvalue weighted by molar-refractivity contribution is -0.137. The second-order valence-corrected chi connectivity index (χ2v) is 5.99. The van der Waals surface area contributed by atoms with E-state index < -0.39 is 34.3 Å². The van der Waals surface area contributed by atoms with E-state index in [-0.39, 0.29) is 10.5 Å². The van der Waals surface area contributed by atoms with Crippen molar-refractivity contribution in [1.82, 2.24) is 5.32 Å². The second-order valence-electron chi connectivity index (χ2n) is 3.97. The molecule has 0 saturated carbocycles. The Hall–Kier alpha value is -1.93. The Labute approximate surface area is 110 Å². The van der Waals surface area contributed by atoms with Gasteiger partial charge in [-0.25, -0.2) is 8.42 Å². The lowest BCUT2D eigenvalue weighted by Crippen LogP contribution is -2.42. The van der Waals surface area contributed by atoms with Gasteiger partial charge in [0.1, 0.15) is 0 Å². The van der Waals surface area contributed by atoms with Crippen molar-refractivity contribution in [1.29, 1.82) is 0 Å². The van der Waals surface area contributed by atoms with Crippen molar-refractivity contribution >= 4 is 21.7 Å². The van der Waals surface area contributed by atoms with Gasteiger partial charge in [-0.1, -0.05) is 0 Å². The zero-order chi connectivity index (χ0) is 14.6. The van der Waals surface area contributed by atoms with Crippen LogP contribution in [-0.4, -0.2) is 37.8 Å². The standard InChI is InChI=1S/C11H14N2O5S/c1-19(17,18)8-4-2-7(3-5-8)11(16)13-9(12)6-10(14)15/h2-5,9H,6,12H2,1H3,(H,13,16)(H,14,15). The largest absolute Gasteiger partial charge is 0.481 e. The van der Waals surface area contributed by atoms with Gasteiger partial charge in [0.05, 0.1) is 17.5 Å². The quantitative estimate of drug-likeness (QED) is 0.631. The van der Waals surface area contributed by atoms with Crippen LogP contribution in [-0.2, 0) is 14.6 Å². The van der Waals surface area contributed by atoms with Crippen molar-refractivity contribution in [3.8, 4) is 0 Å². The number of carbonyl (C=O) groups excluding carboxylic acids is 1. The average molecular weight is 286 g/mol. The first kappa shape index (κ1) is 15.1. The van der Waals surface area contributed by atoms with Crippen LogP contribution in [0.1, 0.15) is 16.8 Å². The van der Waals surface area contributed by atoms with Crippen LogP contribution in [0.5, 0.6) is 0 Å². The maximum Gasteiger partial charge on any atom is 0.306 e. The minimum atomic E-state index is -3.32. The van der Waals surface area contributed by atoms with E-state index in [0.29, 0.717) is 0 Å². The Kier molecular flexibility index (Phi) is 4.62. The van der Waals surface area contributed by atoms with E-state index in [2.05, 4.69) is 5.32 Å². The Morgan fingerprint density at radius 3 is 2.26 bits per heavy atom. The Bertz CT molecular complexity index is 580. The van der Waals surface area contributed by atoms with Gasteiger partial charge in [-0.3, -0.25) is 9.59 Å².